The molecule has 3 aliphatic rings. The molecule has 2 fully saturated rings. The van der Waals surface area contributed by atoms with Crippen molar-refractivity contribution in [2.75, 3.05) is 18.8 Å². The van der Waals surface area contributed by atoms with Gasteiger partial charge in [0.25, 0.3) is 0 Å². The highest BCUT2D eigenvalue weighted by molar-refractivity contribution is 8.03. The van der Waals surface area contributed by atoms with Gasteiger partial charge in [0.15, 0.2) is 0 Å². The quantitative estimate of drug-likeness (QED) is 0.616. The first-order valence-corrected chi connectivity index (χ1v) is 11.4. The smallest absolute Gasteiger partial charge is 0.338 e. The summed E-state index contributed by atoms with van der Waals surface area (Å²) < 4.78 is 13.0. The Hall–Kier alpha value is -1.75. The van der Waals surface area contributed by atoms with Crippen molar-refractivity contribution in [2.24, 2.45) is 17.8 Å². The Morgan fingerprint density at radius 1 is 1.14 bits per heavy atom. The average Bonchev–Trinajstić information content (AvgIpc) is 3.26. The van der Waals surface area contributed by atoms with Gasteiger partial charge in [0, 0.05) is 13.1 Å². The van der Waals surface area contributed by atoms with E-state index in [1.807, 2.05) is 18.2 Å². The highest BCUT2D eigenvalue weighted by Gasteiger charge is 2.42. The summed E-state index contributed by atoms with van der Waals surface area (Å²) >= 11 is 1.67. The van der Waals surface area contributed by atoms with Crippen molar-refractivity contribution in [2.45, 2.75) is 38.5 Å². The largest absolute Gasteiger partial charge is 0.478 e. The zero-order valence-electron chi connectivity index (χ0n) is 16.1. The standard InChI is InChI=1S/C23H28FNO2S/c24-19-11-5-16(6-12-19)3-2-14-28-22-20(23(26)27)4-1-13-25(22)15-21-17-7-8-18(21)10-9-17/h1,4-6,11-12,17-18,21H,2-3,7-10,13-15H2,(H,26,27). The van der Waals surface area contributed by atoms with Crippen LogP contribution in [-0.4, -0.2) is 34.8 Å². The van der Waals surface area contributed by atoms with Gasteiger partial charge >= 0.3 is 5.97 Å². The zero-order valence-corrected chi connectivity index (χ0v) is 17.0. The number of aryl methyl sites for hydroxylation is 1. The number of hydrogen-bond acceptors (Lipinski definition) is 3. The predicted molar refractivity (Wildman–Crippen MR) is 111 cm³/mol. The molecule has 0 radical (unpaired) electrons. The van der Waals surface area contributed by atoms with Crippen LogP contribution in [0.5, 0.6) is 0 Å². The zero-order chi connectivity index (χ0) is 19.5. The van der Waals surface area contributed by atoms with E-state index in [1.165, 1.54) is 37.8 Å². The molecular weight excluding hydrogens is 373 g/mol. The molecular formula is C23H28FNO2S. The number of carbonyl (C=O) groups is 1. The lowest BCUT2D eigenvalue weighted by Gasteiger charge is -2.33. The molecule has 5 heteroatoms. The third-order valence-corrected chi connectivity index (χ3v) is 7.82. The lowest BCUT2D eigenvalue weighted by Crippen LogP contribution is -2.33. The molecule has 2 aliphatic carbocycles. The average molecular weight is 402 g/mol. The number of hydrogen-bond donors (Lipinski definition) is 1. The minimum absolute atomic E-state index is 0.208. The second-order valence-corrected chi connectivity index (χ2v) is 9.33. The fraction of sp³-hybridized carbons (Fsp3) is 0.522. The fourth-order valence-corrected chi connectivity index (χ4v) is 6.27. The number of halogens is 1. The van der Waals surface area contributed by atoms with Gasteiger partial charge in [-0.2, -0.15) is 0 Å². The van der Waals surface area contributed by atoms with Gasteiger partial charge in [0.2, 0.25) is 0 Å². The van der Waals surface area contributed by atoms with Crippen LogP contribution in [0.1, 0.15) is 37.7 Å². The Labute approximate surface area is 170 Å². The van der Waals surface area contributed by atoms with Crippen molar-refractivity contribution >= 4 is 17.7 Å². The molecule has 0 unspecified atom stereocenters. The first-order chi connectivity index (χ1) is 13.6. The minimum atomic E-state index is -0.837. The maximum Gasteiger partial charge on any atom is 0.338 e. The summed E-state index contributed by atoms with van der Waals surface area (Å²) in [6.45, 7) is 1.81. The Kier molecular flexibility index (Phi) is 6.10. The summed E-state index contributed by atoms with van der Waals surface area (Å²) in [4.78, 5) is 14.1. The van der Waals surface area contributed by atoms with Crippen LogP contribution in [0.15, 0.2) is 47.0 Å². The van der Waals surface area contributed by atoms with E-state index in [9.17, 15) is 14.3 Å². The van der Waals surface area contributed by atoms with E-state index >= 15 is 0 Å². The molecule has 0 amide bonds. The van der Waals surface area contributed by atoms with Crippen molar-refractivity contribution in [3.63, 3.8) is 0 Å². The summed E-state index contributed by atoms with van der Waals surface area (Å²) in [5.74, 6) is 2.24. The number of carboxylic acids is 1. The molecule has 1 N–H and O–H groups in total. The van der Waals surface area contributed by atoms with E-state index in [4.69, 9.17) is 0 Å². The van der Waals surface area contributed by atoms with Crippen LogP contribution < -0.4 is 0 Å². The monoisotopic (exact) mass is 401 g/mol. The first-order valence-electron chi connectivity index (χ1n) is 10.4. The molecule has 4 rings (SSSR count). The SMILES string of the molecule is O=C(O)C1=C(SCCCc2ccc(F)cc2)N(CC2C3CCC2CC3)CC=C1. The highest BCUT2D eigenvalue weighted by atomic mass is 32.2. The van der Waals surface area contributed by atoms with Crippen LogP contribution in [0, 0.1) is 23.6 Å². The Morgan fingerprint density at radius 3 is 2.46 bits per heavy atom. The summed E-state index contributed by atoms with van der Waals surface area (Å²) in [7, 11) is 0. The third kappa shape index (κ3) is 4.29. The highest BCUT2D eigenvalue weighted by Crippen LogP contribution is 2.50. The third-order valence-electron chi connectivity index (χ3n) is 6.58. The van der Waals surface area contributed by atoms with Gasteiger partial charge in [0.1, 0.15) is 5.82 Å². The molecule has 2 bridgehead atoms. The molecule has 0 saturated heterocycles. The topological polar surface area (TPSA) is 40.5 Å². The van der Waals surface area contributed by atoms with Gasteiger partial charge in [-0.1, -0.05) is 18.2 Å². The summed E-state index contributed by atoms with van der Waals surface area (Å²) in [6.07, 6.45) is 11.0. The summed E-state index contributed by atoms with van der Waals surface area (Å²) in [5.41, 5.74) is 1.56. The maximum absolute atomic E-state index is 13.0. The van der Waals surface area contributed by atoms with Crippen molar-refractivity contribution in [3.05, 3.63) is 58.4 Å². The van der Waals surface area contributed by atoms with Crippen molar-refractivity contribution in [1.82, 2.24) is 4.90 Å². The predicted octanol–water partition coefficient (Wildman–Crippen LogP) is 5.10. The molecule has 0 aromatic heterocycles. The van der Waals surface area contributed by atoms with Gasteiger partial charge in [-0.25, -0.2) is 9.18 Å². The van der Waals surface area contributed by atoms with Crippen LogP contribution in [0.4, 0.5) is 4.39 Å². The lowest BCUT2D eigenvalue weighted by molar-refractivity contribution is -0.132. The molecule has 1 aliphatic heterocycles. The number of thioether (sulfide) groups is 1. The normalized spacial score (nSPS) is 26.3. The van der Waals surface area contributed by atoms with Crippen LogP contribution in [0.3, 0.4) is 0 Å². The number of benzene rings is 1. The lowest BCUT2D eigenvalue weighted by atomic mass is 9.97. The molecule has 1 aromatic rings. The Bertz CT molecular complexity index is 753. The van der Waals surface area contributed by atoms with Gasteiger partial charge in [0.05, 0.1) is 10.6 Å². The van der Waals surface area contributed by atoms with E-state index in [2.05, 4.69) is 4.90 Å². The molecule has 0 spiro atoms. The van der Waals surface area contributed by atoms with Gasteiger partial charge < -0.3 is 10.0 Å². The van der Waals surface area contributed by atoms with Crippen LogP contribution in [0.2, 0.25) is 0 Å². The second kappa shape index (κ2) is 8.73. The molecule has 2 saturated carbocycles. The molecule has 150 valence electrons. The van der Waals surface area contributed by atoms with E-state index in [0.717, 1.165) is 60.0 Å². The first kappa shape index (κ1) is 19.6. The maximum atomic E-state index is 13.0. The Morgan fingerprint density at radius 2 is 1.82 bits per heavy atom. The molecule has 0 atom stereocenters. The van der Waals surface area contributed by atoms with Crippen LogP contribution in [0.25, 0.3) is 0 Å². The van der Waals surface area contributed by atoms with Crippen molar-refractivity contribution in [3.8, 4) is 0 Å². The van der Waals surface area contributed by atoms with E-state index < -0.39 is 5.97 Å². The van der Waals surface area contributed by atoms with Gasteiger partial charge in [-0.05, 0) is 85.8 Å². The molecule has 1 heterocycles. The van der Waals surface area contributed by atoms with Crippen molar-refractivity contribution < 1.29 is 14.3 Å². The minimum Gasteiger partial charge on any atom is -0.478 e. The van der Waals surface area contributed by atoms with E-state index in [-0.39, 0.29) is 5.82 Å². The number of nitrogens with zero attached hydrogens (tertiary/aromatic N) is 1. The van der Waals surface area contributed by atoms with E-state index in [1.54, 1.807) is 17.8 Å². The summed E-state index contributed by atoms with van der Waals surface area (Å²) in [5, 5.41) is 10.6. The number of carboxylic acid groups (broad SMARTS) is 1. The molecule has 28 heavy (non-hydrogen) atoms. The van der Waals surface area contributed by atoms with Gasteiger partial charge in [-0.15, -0.1) is 11.8 Å². The van der Waals surface area contributed by atoms with Crippen LogP contribution >= 0.6 is 11.8 Å². The number of fused-ring (bicyclic) bond motifs is 2. The van der Waals surface area contributed by atoms with Crippen LogP contribution in [-0.2, 0) is 11.2 Å². The second-order valence-electron chi connectivity index (χ2n) is 8.25. The number of aliphatic carboxylic acids is 1. The van der Waals surface area contributed by atoms with Crippen molar-refractivity contribution in [1.29, 1.82) is 0 Å². The molecule has 1 aromatic carbocycles. The number of rotatable bonds is 8. The fourth-order valence-electron chi connectivity index (χ4n) is 5.15. The van der Waals surface area contributed by atoms with E-state index in [0.29, 0.717) is 5.57 Å². The summed E-state index contributed by atoms with van der Waals surface area (Å²) in [6, 6.07) is 6.65. The van der Waals surface area contributed by atoms with Gasteiger partial charge in [-0.3, -0.25) is 0 Å². The Balaban J connectivity index is 1.38. The molecule has 3 nitrogen and oxygen atoms in total.